The second-order valence-corrected chi connectivity index (χ2v) is 5.46. The Morgan fingerprint density at radius 2 is 1.94 bits per heavy atom. The van der Waals surface area contributed by atoms with E-state index in [0.717, 1.165) is 0 Å². The van der Waals surface area contributed by atoms with Gasteiger partial charge in [-0.15, -0.1) is 0 Å². The Morgan fingerprint density at radius 1 is 1.35 bits per heavy atom. The normalized spacial score (nSPS) is 19.4. The highest BCUT2D eigenvalue weighted by molar-refractivity contribution is 6.37. The molecule has 6 heteroatoms. The van der Waals surface area contributed by atoms with Crippen molar-refractivity contribution >= 4 is 34.8 Å². The highest BCUT2D eigenvalue weighted by Gasteiger charge is 2.28. The topological polar surface area (TPSA) is 62.4 Å². The largest absolute Gasteiger partial charge is 0.390 e. The highest BCUT2D eigenvalue weighted by atomic mass is 35.5. The van der Waals surface area contributed by atoms with Crippen LogP contribution in [0.25, 0.3) is 0 Å². The fourth-order valence-corrected chi connectivity index (χ4v) is 2.37. The van der Waals surface area contributed by atoms with Crippen molar-refractivity contribution in [2.45, 2.75) is 25.4 Å². The summed E-state index contributed by atoms with van der Waals surface area (Å²) < 4.78 is 0. The number of hydrogen-bond donors (Lipinski definition) is 2. The molecule has 0 radical (unpaired) electrons. The number of hydrogen-bond acceptors (Lipinski definition) is 4. The molecule has 0 spiro atoms. The third-order valence-electron chi connectivity index (χ3n) is 3.08. The Hall–Kier alpha value is -0.710. The average Bonchev–Trinajstić information content (AvgIpc) is 2.24. The minimum Gasteiger partial charge on any atom is -0.390 e. The van der Waals surface area contributed by atoms with E-state index >= 15 is 0 Å². The van der Waals surface area contributed by atoms with E-state index < -0.39 is 5.60 Å². The number of nitrogen functional groups attached to an aromatic ring is 1. The van der Waals surface area contributed by atoms with E-state index in [1.165, 1.54) is 0 Å². The summed E-state index contributed by atoms with van der Waals surface area (Å²) in [5.74, 6) is 0.924. The Balaban J connectivity index is 2.21. The van der Waals surface area contributed by atoms with Crippen LogP contribution in [0.5, 0.6) is 0 Å². The predicted octanol–water partition coefficient (Wildman–Crippen LogP) is 2.32. The Morgan fingerprint density at radius 3 is 2.53 bits per heavy atom. The van der Waals surface area contributed by atoms with Gasteiger partial charge in [-0.25, -0.2) is 4.98 Å². The first-order valence-corrected chi connectivity index (χ1v) is 6.23. The zero-order valence-electron chi connectivity index (χ0n) is 9.58. The Bertz CT molecular complexity index is 427. The van der Waals surface area contributed by atoms with Gasteiger partial charge in [0.15, 0.2) is 0 Å². The Labute approximate surface area is 110 Å². The van der Waals surface area contributed by atoms with Crippen molar-refractivity contribution in [1.82, 2.24) is 4.98 Å². The van der Waals surface area contributed by atoms with Gasteiger partial charge >= 0.3 is 0 Å². The summed E-state index contributed by atoms with van der Waals surface area (Å²) >= 11 is 11.9. The SMILES string of the molecule is CC1(O)CCN(c2nc(N)c(Cl)cc2Cl)CC1. The number of aromatic nitrogens is 1. The molecule has 94 valence electrons. The molecule has 0 atom stereocenters. The summed E-state index contributed by atoms with van der Waals surface area (Å²) in [5.41, 5.74) is 5.08. The van der Waals surface area contributed by atoms with E-state index in [2.05, 4.69) is 4.98 Å². The Kier molecular flexibility index (Phi) is 3.39. The maximum atomic E-state index is 9.88. The van der Waals surface area contributed by atoms with Crippen LogP contribution < -0.4 is 10.6 Å². The minimum atomic E-state index is -0.596. The molecule has 1 aromatic rings. The number of halogens is 2. The van der Waals surface area contributed by atoms with E-state index in [1.54, 1.807) is 6.07 Å². The van der Waals surface area contributed by atoms with E-state index in [1.807, 2.05) is 11.8 Å². The van der Waals surface area contributed by atoms with E-state index in [-0.39, 0.29) is 5.82 Å². The third-order valence-corrected chi connectivity index (χ3v) is 3.66. The van der Waals surface area contributed by atoms with Crippen LogP contribution in [0, 0.1) is 0 Å². The highest BCUT2D eigenvalue weighted by Crippen LogP contribution is 2.33. The van der Waals surface area contributed by atoms with Gasteiger partial charge in [-0.2, -0.15) is 0 Å². The zero-order valence-corrected chi connectivity index (χ0v) is 11.1. The van der Waals surface area contributed by atoms with Crippen molar-refractivity contribution in [2.24, 2.45) is 0 Å². The summed E-state index contributed by atoms with van der Waals surface area (Å²) in [7, 11) is 0. The van der Waals surface area contributed by atoms with Gasteiger partial charge in [-0.05, 0) is 25.8 Å². The van der Waals surface area contributed by atoms with Crippen LogP contribution in [0.15, 0.2) is 6.07 Å². The van der Waals surface area contributed by atoms with Gasteiger partial charge < -0.3 is 15.7 Å². The molecule has 4 nitrogen and oxygen atoms in total. The fraction of sp³-hybridized carbons (Fsp3) is 0.545. The molecular weight excluding hydrogens is 261 g/mol. The second-order valence-electron chi connectivity index (χ2n) is 4.64. The van der Waals surface area contributed by atoms with Crippen LogP contribution in [0.4, 0.5) is 11.6 Å². The zero-order chi connectivity index (χ0) is 12.6. The molecule has 0 aromatic carbocycles. The van der Waals surface area contributed by atoms with Gasteiger partial charge in [-0.3, -0.25) is 0 Å². The molecule has 1 aliphatic rings. The molecule has 2 rings (SSSR count). The average molecular weight is 276 g/mol. The molecule has 1 aromatic heterocycles. The number of pyridine rings is 1. The van der Waals surface area contributed by atoms with Crippen molar-refractivity contribution in [2.75, 3.05) is 23.7 Å². The van der Waals surface area contributed by atoms with E-state index in [4.69, 9.17) is 28.9 Å². The van der Waals surface area contributed by atoms with Crippen LogP contribution in [-0.2, 0) is 0 Å². The van der Waals surface area contributed by atoms with Gasteiger partial charge in [0.2, 0.25) is 0 Å². The number of aliphatic hydroxyl groups is 1. The van der Waals surface area contributed by atoms with Crippen LogP contribution in [0.3, 0.4) is 0 Å². The molecule has 3 N–H and O–H groups in total. The smallest absolute Gasteiger partial charge is 0.149 e. The van der Waals surface area contributed by atoms with Crippen molar-refractivity contribution in [3.05, 3.63) is 16.1 Å². The number of anilines is 2. The van der Waals surface area contributed by atoms with Crippen LogP contribution in [0.1, 0.15) is 19.8 Å². The molecule has 0 aliphatic carbocycles. The van der Waals surface area contributed by atoms with Crippen molar-refractivity contribution in [3.8, 4) is 0 Å². The standard InChI is InChI=1S/C11H15Cl2N3O/c1-11(17)2-4-16(5-3-11)10-8(13)6-7(12)9(14)15-10/h6,17H,2-5H2,1H3,(H2,14,15). The molecule has 2 heterocycles. The van der Waals surface area contributed by atoms with Crippen LogP contribution in [-0.4, -0.2) is 28.8 Å². The van der Waals surface area contributed by atoms with Gasteiger partial charge in [0.05, 0.1) is 15.6 Å². The molecule has 0 bridgehead atoms. The summed E-state index contributed by atoms with van der Waals surface area (Å²) in [6.07, 6.45) is 1.38. The fourth-order valence-electron chi connectivity index (χ4n) is 1.89. The number of nitrogens with zero attached hydrogens (tertiary/aromatic N) is 2. The molecule has 1 aliphatic heterocycles. The first kappa shape index (κ1) is 12.7. The summed E-state index contributed by atoms with van der Waals surface area (Å²) in [6, 6.07) is 1.60. The first-order valence-electron chi connectivity index (χ1n) is 5.48. The van der Waals surface area contributed by atoms with Gasteiger partial charge in [-0.1, -0.05) is 23.2 Å². The summed E-state index contributed by atoms with van der Waals surface area (Å²) in [5, 5.41) is 10.7. The molecule has 0 unspecified atom stereocenters. The molecular formula is C11H15Cl2N3O. The van der Waals surface area contributed by atoms with Gasteiger partial charge in [0.25, 0.3) is 0 Å². The van der Waals surface area contributed by atoms with E-state index in [9.17, 15) is 5.11 Å². The predicted molar refractivity (Wildman–Crippen MR) is 70.7 cm³/mol. The lowest BCUT2D eigenvalue weighted by atomic mass is 9.94. The summed E-state index contributed by atoms with van der Waals surface area (Å²) in [6.45, 7) is 3.26. The van der Waals surface area contributed by atoms with Crippen molar-refractivity contribution in [1.29, 1.82) is 0 Å². The number of rotatable bonds is 1. The lowest BCUT2D eigenvalue weighted by Crippen LogP contribution is -2.42. The van der Waals surface area contributed by atoms with Crippen LogP contribution in [0.2, 0.25) is 10.0 Å². The molecule has 0 saturated carbocycles. The second kappa shape index (κ2) is 4.52. The lowest BCUT2D eigenvalue weighted by molar-refractivity contribution is 0.0350. The first-order chi connectivity index (χ1) is 7.89. The maximum Gasteiger partial charge on any atom is 0.149 e. The molecule has 17 heavy (non-hydrogen) atoms. The monoisotopic (exact) mass is 275 g/mol. The van der Waals surface area contributed by atoms with Crippen molar-refractivity contribution in [3.63, 3.8) is 0 Å². The number of piperidine rings is 1. The number of nitrogens with two attached hydrogens (primary N) is 1. The quantitative estimate of drug-likeness (QED) is 0.826. The molecule has 0 amide bonds. The maximum absolute atomic E-state index is 9.88. The summed E-state index contributed by atoms with van der Waals surface area (Å²) in [4.78, 5) is 6.22. The van der Waals surface area contributed by atoms with Crippen LogP contribution >= 0.6 is 23.2 Å². The third kappa shape index (κ3) is 2.76. The van der Waals surface area contributed by atoms with Crippen molar-refractivity contribution < 1.29 is 5.11 Å². The molecule has 1 saturated heterocycles. The van der Waals surface area contributed by atoms with Gasteiger partial charge in [0, 0.05) is 13.1 Å². The lowest BCUT2D eigenvalue weighted by Gasteiger charge is -2.36. The molecule has 1 fully saturated rings. The minimum absolute atomic E-state index is 0.281. The van der Waals surface area contributed by atoms with E-state index in [0.29, 0.717) is 41.8 Å². The van der Waals surface area contributed by atoms with Gasteiger partial charge in [0.1, 0.15) is 11.6 Å².